The third-order valence-electron chi connectivity index (χ3n) is 3.27. The molecule has 1 aliphatic heterocycles. The van der Waals surface area contributed by atoms with Crippen LogP contribution in [0.4, 0.5) is 0 Å². The summed E-state index contributed by atoms with van der Waals surface area (Å²) in [6.45, 7) is 3.34. The number of nitrogens with zero attached hydrogens (tertiary/aromatic N) is 1. The predicted molar refractivity (Wildman–Crippen MR) is 65.1 cm³/mol. The zero-order valence-corrected chi connectivity index (χ0v) is 9.82. The molecule has 0 fully saturated rings. The number of rotatable bonds is 5. The lowest BCUT2D eigenvalue weighted by Gasteiger charge is -2.22. The van der Waals surface area contributed by atoms with E-state index in [9.17, 15) is 0 Å². The molecule has 0 spiro atoms. The van der Waals surface area contributed by atoms with Crippen LogP contribution in [0.25, 0.3) is 0 Å². The number of hydrogen-bond donors (Lipinski definition) is 2. The van der Waals surface area contributed by atoms with Crippen molar-refractivity contribution in [2.24, 2.45) is 0 Å². The van der Waals surface area contributed by atoms with E-state index in [0.717, 1.165) is 26.1 Å². The van der Waals surface area contributed by atoms with Crippen molar-refractivity contribution in [3.63, 3.8) is 0 Å². The van der Waals surface area contributed by atoms with Crippen molar-refractivity contribution in [3.8, 4) is 0 Å². The Hall–Kier alpha value is -0.900. The molecule has 1 unspecified atom stereocenters. The zero-order valence-electron chi connectivity index (χ0n) is 9.82. The second kappa shape index (κ2) is 5.43. The molecule has 2 rings (SSSR count). The number of benzene rings is 1. The molecule has 0 bridgehead atoms. The second-order valence-corrected chi connectivity index (χ2v) is 4.44. The summed E-state index contributed by atoms with van der Waals surface area (Å²) in [5, 5.41) is 12.2. The summed E-state index contributed by atoms with van der Waals surface area (Å²) in [6, 6.07) is 9.00. The monoisotopic (exact) mass is 220 g/mol. The normalized spacial score (nSPS) is 17.4. The summed E-state index contributed by atoms with van der Waals surface area (Å²) >= 11 is 0. The predicted octanol–water partition coefficient (Wildman–Crippen LogP) is 0.973. The first kappa shape index (κ1) is 11.6. The molecule has 16 heavy (non-hydrogen) atoms. The van der Waals surface area contributed by atoms with Crippen molar-refractivity contribution >= 4 is 0 Å². The zero-order chi connectivity index (χ0) is 11.4. The first-order chi connectivity index (χ1) is 7.83. The van der Waals surface area contributed by atoms with Crippen molar-refractivity contribution < 1.29 is 5.11 Å². The SMILES string of the molecule is CNC(CCO)CN1Cc2ccccc2C1. The second-order valence-electron chi connectivity index (χ2n) is 4.44. The largest absolute Gasteiger partial charge is 0.396 e. The summed E-state index contributed by atoms with van der Waals surface area (Å²) in [4.78, 5) is 2.43. The van der Waals surface area contributed by atoms with E-state index in [1.54, 1.807) is 0 Å². The van der Waals surface area contributed by atoms with Gasteiger partial charge in [-0.2, -0.15) is 0 Å². The van der Waals surface area contributed by atoms with Crippen molar-refractivity contribution in [2.75, 3.05) is 20.2 Å². The molecule has 88 valence electrons. The summed E-state index contributed by atoms with van der Waals surface area (Å²) in [7, 11) is 1.96. The van der Waals surface area contributed by atoms with Gasteiger partial charge in [-0.3, -0.25) is 4.90 Å². The molecule has 3 heteroatoms. The van der Waals surface area contributed by atoms with Gasteiger partial charge in [0, 0.05) is 32.3 Å². The molecular weight excluding hydrogens is 200 g/mol. The lowest BCUT2D eigenvalue weighted by molar-refractivity contribution is 0.214. The van der Waals surface area contributed by atoms with Gasteiger partial charge in [-0.05, 0) is 24.6 Å². The van der Waals surface area contributed by atoms with Gasteiger partial charge < -0.3 is 10.4 Å². The molecule has 0 amide bonds. The number of hydrogen-bond acceptors (Lipinski definition) is 3. The van der Waals surface area contributed by atoms with Crippen molar-refractivity contribution in [1.82, 2.24) is 10.2 Å². The standard InChI is InChI=1S/C13H20N2O/c1-14-13(6-7-16)10-15-8-11-4-2-3-5-12(11)9-15/h2-5,13-14,16H,6-10H2,1H3. The molecule has 1 atom stereocenters. The summed E-state index contributed by atoms with van der Waals surface area (Å²) in [5.74, 6) is 0. The van der Waals surface area contributed by atoms with E-state index in [1.807, 2.05) is 7.05 Å². The Labute approximate surface area is 97.1 Å². The summed E-state index contributed by atoms with van der Waals surface area (Å²) < 4.78 is 0. The van der Waals surface area contributed by atoms with E-state index in [2.05, 4.69) is 34.5 Å². The maximum atomic E-state index is 8.96. The lowest BCUT2D eigenvalue weighted by Crippen LogP contribution is -2.37. The van der Waals surface area contributed by atoms with Gasteiger partial charge in [0.2, 0.25) is 0 Å². The topological polar surface area (TPSA) is 35.5 Å². The van der Waals surface area contributed by atoms with Gasteiger partial charge in [0.25, 0.3) is 0 Å². The fraction of sp³-hybridized carbons (Fsp3) is 0.538. The number of aliphatic hydroxyl groups is 1. The molecule has 3 nitrogen and oxygen atoms in total. The Balaban J connectivity index is 1.91. The van der Waals surface area contributed by atoms with Crippen molar-refractivity contribution in [2.45, 2.75) is 25.6 Å². The van der Waals surface area contributed by atoms with E-state index in [4.69, 9.17) is 5.11 Å². The van der Waals surface area contributed by atoms with Crippen LogP contribution in [-0.4, -0.2) is 36.2 Å². The highest BCUT2D eigenvalue weighted by molar-refractivity contribution is 5.30. The highest BCUT2D eigenvalue weighted by Gasteiger charge is 2.20. The van der Waals surface area contributed by atoms with Gasteiger partial charge in [0.05, 0.1) is 0 Å². The van der Waals surface area contributed by atoms with Gasteiger partial charge in [0.1, 0.15) is 0 Å². The summed E-state index contributed by atoms with van der Waals surface area (Å²) in [5.41, 5.74) is 2.89. The van der Waals surface area contributed by atoms with Crippen LogP contribution in [0.3, 0.4) is 0 Å². The Morgan fingerprint density at radius 2 is 1.94 bits per heavy atom. The maximum Gasteiger partial charge on any atom is 0.0446 e. The molecule has 0 aromatic heterocycles. The molecule has 0 saturated heterocycles. The van der Waals surface area contributed by atoms with Gasteiger partial charge >= 0.3 is 0 Å². The molecule has 0 radical (unpaired) electrons. The smallest absolute Gasteiger partial charge is 0.0446 e. The van der Waals surface area contributed by atoms with Crippen LogP contribution >= 0.6 is 0 Å². The number of nitrogens with one attached hydrogen (secondary N) is 1. The first-order valence-corrected chi connectivity index (χ1v) is 5.90. The Morgan fingerprint density at radius 3 is 2.44 bits per heavy atom. The van der Waals surface area contributed by atoms with E-state index in [1.165, 1.54) is 11.1 Å². The number of fused-ring (bicyclic) bond motifs is 1. The van der Waals surface area contributed by atoms with Gasteiger partial charge in [-0.1, -0.05) is 24.3 Å². The third kappa shape index (κ3) is 2.61. The molecule has 1 heterocycles. The van der Waals surface area contributed by atoms with Crippen LogP contribution in [0.1, 0.15) is 17.5 Å². The summed E-state index contributed by atoms with van der Waals surface area (Å²) in [6.07, 6.45) is 0.823. The molecule has 0 aliphatic carbocycles. The lowest BCUT2D eigenvalue weighted by atomic mass is 10.1. The number of aliphatic hydroxyl groups excluding tert-OH is 1. The van der Waals surface area contributed by atoms with E-state index in [0.29, 0.717) is 6.04 Å². The van der Waals surface area contributed by atoms with Gasteiger partial charge in [0.15, 0.2) is 0 Å². The average molecular weight is 220 g/mol. The van der Waals surface area contributed by atoms with Gasteiger partial charge in [-0.25, -0.2) is 0 Å². The van der Waals surface area contributed by atoms with Crippen molar-refractivity contribution in [3.05, 3.63) is 35.4 Å². The Bertz CT molecular complexity index is 315. The van der Waals surface area contributed by atoms with Crippen LogP contribution < -0.4 is 5.32 Å². The van der Waals surface area contributed by atoms with Crippen molar-refractivity contribution in [1.29, 1.82) is 0 Å². The van der Waals surface area contributed by atoms with E-state index >= 15 is 0 Å². The minimum Gasteiger partial charge on any atom is -0.396 e. The molecule has 1 aliphatic rings. The van der Waals surface area contributed by atoms with Crippen LogP contribution in [0.15, 0.2) is 24.3 Å². The third-order valence-corrected chi connectivity index (χ3v) is 3.27. The van der Waals surface area contributed by atoms with Crippen LogP contribution in [0, 0.1) is 0 Å². The highest BCUT2D eigenvalue weighted by atomic mass is 16.3. The van der Waals surface area contributed by atoms with E-state index < -0.39 is 0 Å². The molecule has 1 aromatic carbocycles. The minimum atomic E-state index is 0.256. The van der Waals surface area contributed by atoms with Crippen LogP contribution in [-0.2, 0) is 13.1 Å². The quantitative estimate of drug-likeness (QED) is 0.776. The van der Waals surface area contributed by atoms with Crippen LogP contribution in [0.2, 0.25) is 0 Å². The van der Waals surface area contributed by atoms with E-state index in [-0.39, 0.29) is 6.61 Å². The highest BCUT2D eigenvalue weighted by Crippen LogP contribution is 2.22. The van der Waals surface area contributed by atoms with Gasteiger partial charge in [-0.15, -0.1) is 0 Å². The Kier molecular flexibility index (Phi) is 3.93. The Morgan fingerprint density at radius 1 is 1.31 bits per heavy atom. The molecular formula is C13H20N2O. The first-order valence-electron chi connectivity index (χ1n) is 5.90. The molecule has 1 aromatic rings. The fourth-order valence-electron chi connectivity index (χ4n) is 2.33. The van der Waals surface area contributed by atoms with Crippen LogP contribution in [0.5, 0.6) is 0 Å². The number of likely N-dealkylation sites (N-methyl/N-ethyl adjacent to an activating group) is 1. The maximum absolute atomic E-state index is 8.96. The minimum absolute atomic E-state index is 0.256. The molecule has 0 saturated carbocycles. The fourth-order valence-corrected chi connectivity index (χ4v) is 2.33. The molecule has 2 N–H and O–H groups in total. The average Bonchev–Trinajstić information content (AvgIpc) is 2.70.